The smallest absolute Gasteiger partial charge is 0.312 e. The minimum atomic E-state index is -0.847. The molecule has 18 heavy (non-hydrogen) atoms. The van der Waals surface area contributed by atoms with Crippen molar-refractivity contribution in [3.05, 3.63) is 34.9 Å². The summed E-state index contributed by atoms with van der Waals surface area (Å²) in [5.41, 5.74) is 8.73. The molecular weight excluding hydrogens is 226 g/mol. The molecule has 1 rings (SSSR count). The molecule has 0 aromatic heterocycles. The van der Waals surface area contributed by atoms with Crippen LogP contribution in [-0.2, 0) is 4.79 Å². The second kappa shape index (κ2) is 6.01. The lowest BCUT2D eigenvalue weighted by Crippen LogP contribution is -2.23. The highest BCUT2D eigenvalue weighted by Gasteiger charge is 2.22. The fraction of sp³-hybridized carbons (Fsp3) is 0.533. The van der Waals surface area contributed by atoms with Crippen LogP contribution in [0.15, 0.2) is 18.2 Å². The zero-order valence-corrected chi connectivity index (χ0v) is 11.6. The summed E-state index contributed by atoms with van der Waals surface area (Å²) in [6.07, 6.45) is 0. The minimum Gasteiger partial charge on any atom is -0.481 e. The first-order valence-electron chi connectivity index (χ1n) is 6.45. The summed E-state index contributed by atoms with van der Waals surface area (Å²) in [5.74, 6) is -0.770. The van der Waals surface area contributed by atoms with E-state index in [1.807, 2.05) is 12.1 Å². The highest BCUT2D eigenvalue weighted by molar-refractivity contribution is 5.77. The predicted molar refractivity (Wildman–Crippen MR) is 74.1 cm³/mol. The van der Waals surface area contributed by atoms with Crippen molar-refractivity contribution in [1.29, 1.82) is 0 Å². The van der Waals surface area contributed by atoms with Crippen molar-refractivity contribution in [1.82, 2.24) is 0 Å². The van der Waals surface area contributed by atoms with E-state index >= 15 is 0 Å². The maximum atomic E-state index is 11.3. The average molecular weight is 249 g/mol. The van der Waals surface area contributed by atoms with Gasteiger partial charge in [-0.3, -0.25) is 4.79 Å². The van der Waals surface area contributed by atoms with Crippen molar-refractivity contribution in [3.63, 3.8) is 0 Å². The molecule has 0 spiro atoms. The van der Waals surface area contributed by atoms with E-state index in [4.69, 9.17) is 5.73 Å². The van der Waals surface area contributed by atoms with Gasteiger partial charge < -0.3 is 10.8 Å². The van der Waals surface area contributed by atoms with Crippen LogP contribution in [0.5, 0.6) is 0 Å². The number of rotatable bonds is 5. The van der Waals surface area contributed by atoms with Gasteiger partial charge in [0.25, 0.3) is 0 Å². The molecular formula is C15H23NO2. The number of benzene rings is 1. The number of carboxylic acid groups (broad SMARTS) is 1. The van der Waals surface area contributed by atoms with Gasteiger partial charge in [-0.25, -0.2) is 0 Å². The first-order valence-corrected chi connectivity index (χ1v) is 6.45. The minimum absolute atomic E-state index is 0.136. The van der Waals surface area contributed by atoms with Crippen LogP contribution in [-0.4, -0.2) is 17.6 Å². The van der Waals surface area contributed by atoms with Crippen molar-refractivity contribution in [2.24, 2.45) is 5.73 Å². The second-order valence-electron chi connectivity index (χ2n) is 5.32. The van der Waals surface area contributed by atoms with E-state index < -0.39 is 11.9 Å². The summed E-state index contributed by atoms with van der Waals surface area (Å²) >= 11 is 0. The fourth-order valence-corrected chi connectivity index (χ4v) is 2.14. The third-order valence-corrected chi connectivity index (χ3v) is 3.31. The van der Waals surface area contributed by atoms with Crippen molar-refractivity contribution in [3.8, 4) is 0 Å². The molecule has 1 aromatic carbocycles. The highest BCUT2D eigenvalue weighted by atomic mass is 16.4. The Morgan fingerprint density at radius 2 is 1.78 bits per heavy atom. The lowest BCUT2D eigenvalue weighted by atomic mass is 9.86. The topological polar surface area (TPSA) is 63.3 Å². The summed E-state index contributed by atoms with van der Waals surface area (Å²) < 4.78 is 0. The number of hydrogen-bond acceptors (Lipinski definition) is 2. The standard InChI is InChI=1S/C15H23NO2/c1-9(2)11-5-6-12(10(3)4)13(7-11)14(8-16)15(17)18/h5-7,9-10,14H,8,16H2,1-4H3,(H,17,18). The van der Waals surface area contributed by atoms with E-state index in [9.17, 15) is 9.90 Å². The van der Waals surface area contributed by atoms with E-state index in [0.29, 0.717) is 11.8 Å². The molecule has 0 saturated heterocycles. The van der Waals surface area contributed by atoms with Crippen LogP contribution in [0.25, 0.3) is 0 Å². The van der Waals surface area contributed by atoms with Crippen LogP contribution in [0.3, 0.4) is 0 Å². The van der Waals surface area contributed by atoms with E-state index in [0.717, 1.165) is 16.7 Å². The second-order valence-corrected chi connectivity index (χ2v) is 5.32. The Kier molecular flexibility index (Phi) is 4.91. The molecule has 0 aliphatic carbocycles. The van der Waals surface area contributed by atoms with Crippen molar-refractivity contribution in [2.75, 3.05) is 6.54 Å². The lowest BCUT2D eigenvalue weighted by Gasteiger charge is -2.20. The number of aliphatic carboxylic acids is 1. The maximum absolute atomic E-state index is 11.3. The van der Waals surface area contributed by atoms with Gasteiger partial charge >= 0.3 is 5.97 Å². The Hall–Kier alpha value is -1.35. The predicted octanol–water partition coefficient (Wildman–Crippen LogP) is 3.06. The van der Waals surface area contributed by atoms with Gasteiger partial charge in [0.05, 0.1) is 5.92 Å². The third kappa shape index (κ3) is 3.10. The van der Waals surface area contributed by atoms with E-state index in [2.05, 4.69) is 33.8 Å². The van der Waals surface area contributed by atoms with Crippen molar-refractivity contribution < 1.29 is 9.90 Å². The molecule has 3 N–H and O–H groups in total. The van der Waals surface area contributed by atoms with Crippen LogP contribution in [0.2, 0.25) is 0 Å². The summed E-state index contributed by atoms with van der Waals surface area (Å²) in [7, 11) is 0. The molecule has 0 aliphatic heterocycles. The van der Waals surface area contributed by atoms with Crippen LogP contribution >= 0.6 is 0 Å². The molecule has 0 fully saturated rings. The molecule has 0 radical (unpaired) electrons. The van der Waals surface area contributed by atoms with Gasteiger partial charge in [-0.2, -0.15) is 0 Å². The molecule has 1 unspecified atom stereocenters. The Bertz CT molecular complexity index is 425. The van der Waals surface area contributed by atoms with Crippen LogP contribution < -0.4 is 5.73 Å². The quantitative estimate of drug-likeness (QED) is 0.843. The number of hydrogen-bond donors (Lipinski definition) is 2. The summed E-state index contributed by atoms with van der Waals surface area (Å²) in [6, 6.07) is 6.13. The van der Waals surface area contributed by atoms with Crippen LogP contribution in [0.1, 0.15) is 62.1 Å². The number of nitrogens with two attached hydrogens (primary N) is 1. The molecule has 0 bridgehead atoms. The highest BCUT2D eigenvalue weighted by Crippen LogP contribution is 2.29. The summed E-state index contributed by atoms with van der Waals surface area (Å²) in [6.45, 7) is 8.49. The van der Waals surface area contributed by atoms with E-state index in [1.165, 1.54) is 0 Å². The van der Waals surface area contributed by atoms with Crippen molar-refractivity contribution in [2.45, 2.75) is 45.4 Å². The van der Waals surface area contributed by atoms with Gasteiger partial charge in [0.15, 0.2) is 0 Å². The zero-order valence-electron chi connectivity index (χ0n) is 11.6. The molecule has 0 amide bonds. The third-order valence-electron chi connectivity index (χ3n) is 3.31. The first kappa shape index (κ1) is 14.7. The Balaban J connectivity index is 3.35. The van der Waals surface area contributed by atoms with Gasteiger partial charge in [-0.1, -0.05) is 45.9 Å². The number of carboxylic acids is 1. The Morgan fingerprint density at radius 3 is 2.17 bits per heavy atom. The van der Waals surface area contributed by atoms with Crippen LogP contribution in [0, 0.1) is 0 Å². The number of carbonyl (C=O) groups is 1. The zero-order chi connectivity index (χ0) is 13.9. The fourth-order valence-electron chi connectivity index (χ4n) is 2.14. The maximum Gasteiger partial charge on any atom is 0.312 e. The molecule has 1 aromatic rings. The Labute approximate surface area is 109 Å². The van der Waals surface area contributed by atoms with E-state index in [-0.39, 0.29) is 6.54 Å². The molecule has 1 atom stereocenters. The summed E-state index contributed by atoms with van der Waals surface area (Å²) in [5, 5.41) is 9.28. The van der Waals surface area contributed by atoms with Gasteiger partial charge in [0.2, 0.25) is 0 Å². The van der Waals surface area contributed by atoms with Crippen LogP contribution in [0.4, 0.5) is 0 Å². The monoisotopic (exact) mass is 249 g/mol. The SMILES string of the molecule is CC(C)c1ccc(C(C)C)c(C(CN)C(=O)O)c1. The molecule has 0 saturated carbocycles. The van der Waals surface area contributed by atoms with Crippen molar-refractivity contribution >= 4 is 5.97 Å². The molecule has 100 valence electrons. The van der Waals surface area contributed by atoms with Gasteiger partial charge in [-0.15, -0.1) is 0 Å². The van der Waals surface area contributed by atoms with Gasteiger partial charge in [0, 0.05) is 6.54 Å². The molecule has 3 nitrogen and oxygen atoms in total. The van der Waals surface area contributed by atoms with E-state index in [1.54, 1.807) is 0 Å². The van der Waals surface area contributed by atoms with Gasteiger partial charge in [-0.05, 0) is 28.5 Å². The lowest BCUT2D eigenvalue weighted by molar-refractivity contribution is -0.138. The molecule has 0 aliphatic rings. The average Bonchev–Trinajstić information content (AvgIpc) is 2.28. The molecule has 0 heterocycles. The normalized spacial score (nSPS) is 13.1. The Morgan fingerprint density at radius 1 is 1.17 bits per heavy atom. The first-order chi connectivity index (χ1) is 8.38. The largest absolute Gasteiger partial charge is 0.481 e. The van der Waals surface area contributed by atoms with Gasteiger partial charge in [0.1, 0.15) is 0 Å². The summed E-state index contributed by atoms with van der Waals surface area (Å²) in [4.78, 5) is 11.3. The molecule has 3 heteroatoms.